The van der Waals surface area contributed by atoms with Gasteiger partial charge in [-0.25, -0.2) is 4.21 Å². The van der Waals surface area contributed by atoms with Crippen LogP contribution in [0.15, 0.2) is 46.4 Å². The summed E-state index contributed by atoms with van der Waals surface area (Å²) in [6.07, 6.45) is 0.741. The predicted molar refractivity (Wildman–Crippen MR) is 115 cm³/mol. The van der Waals surface area contributed by atoms with Gasteiger partial charge < -0.3 is 0 Å². The third-order valence-electron chi connectivity index (χ3n) is 4.24. The van der Waals surface area contributed by atoms with Gasteiger partial charge in [0.1, 0.15) is 5.75 Å². The zero-order chi connectivity index (χ0) is 21.2. The fourth-order valence-corrected chi connectivity index (χ4v) is 4.31. The molecule has 0 saturated heterocycles. The van der Waals surface area contributed by atoms with Crippen molar-refractivity contribution >= 4 is 55.8 Å². The molecule has 29 heavy (non-hydrogen) atoms. The first-order chi connectivity index (χ1) is 13.6. The molecular formula is C18H18Cl2N2O5S2. The molecule has 0 aliphatic carbocycles. The molecule has 3 rings (SSSR count). The summed E-state index contributed by atoms with van der Waals surface area (Å²) in [6.45, 7) is 2.27. The summed E-state index contributed by atoms with van der Waals surface area (Å²) >= 11 is 10.4. The van der Waals surface area contributed by atoms with E-state index >= 15 is 0 Å². The highest BCUT2D eigenvalue weighted by Crippen LogP contribution is 2.29. The maximum absolute atomic E-state index is 12.0. The summed E-state index contributed by atoms with van der Waals surface area (Å²) in [5, 5.41) is 7.48. The molecule has 0 radical (unpaired) electrons. The number of rotatable bonds is 7. The van der Waals surface area contributed by atoms with Crippen molar-refractivity contribution in [3.05, 3.63) is 57.6 Å². The fourth-order valence-electron chi connectivity index (χ4n) is 2.80. The van der Waals surface area contributed by atoms with E-state index in [-0.39, 0.29) is 6.61 Å². The van der Waals surface area contributed by atoms with Gasteiger partial charge in [-0.3, -0.25) is 13.7 Å². The van der Waals surface area contributed by atoms with Crippen LogP contribution in [0.1, 0.15) is 17.5 Å². The second-order valence-corrected chi connectivity index (χ2v) is 9.90. The molecule has 0 aromatic heterocycles. The lowest BCUT2D eigenvalue weighted by molar-refractivity contribution is 0.365. The van der Waals surface area contributed by atoms with E-state index in [1.807, 2.05) is 24.1 Å². The molecule has 0 amide bonds. The molecule has 0 fully saturated rings. The minimum absolute atomic E-state index is 0.365. The minimum atomic E-state index is -4.15. The lowest BCUT2D eigenvalue weighted by atomic mass is 10.0. The maximum atomic E-state index is 12.0. The molecule has 1 aliphatic heterocycles. The number of nitrogens with zero attached hydrogens (tertiary/aromatic N) is 2. The predicted octanol–water partition coefficient (Wildman–Crippen LogP) is 3.84. The Morgan fingerprint density at radius 3 is 2.52 bits per heavy atom. The Morgan fingerprint density at radius 2 is 1.86 bits per heavy atom. The van der Waals surface area contributed by atoms with E-state index in [1.165, 1.54) is 0 Å². The molecule has 156 valence electrons. The van der Waals surface area contributed by atoms with Crippen molar-refractivity contribution in [2.45, 2.75) is 18.2 Å². The van der Waals surface area contributed by atoms with Crippen LogP contribution < -0.4 is 5.01 Å². The van der Waals surface area contributed by atoms with Crippen molar-refractivity contribution in [1.82, 2.24) is 0 Å². The lowest BCUT2D eigenvalue weighted by Gasteiger charge is -2.14. The Labute approximate surface area is 181 Å². The molecular weight excluding hydrogens is 459 g/mol. The Balaban J connectivity index is 1.69. The number of hydrogen-bond acceptors (Lipinski definition) is 6. The van der Waals surface area contributed by atoms with Gasteiger partial charge in [0.15, 0.2) is 11.1 Å². The molecule has 0 saturated carbocycles. The molecule has 0 bridgehead atoms. The Bertz CT molecular complexity index is 1070. The molecule has 11 heteroatoms. The summed E-state index contributed by atoms with van der Waals surface area (Å²) < 4.78 is 47.0. The van der Waals surface area contributed by atoms with Gasteiger partial charge in [-0.1, -0.05) is 23.2 Å². The third kappa shape index (κ3) is 5.78. The minimum Gasteiger partial charge on any atom is -0.286 e. The summed E-state index contributed by atoms with van der Waals surface area (Å²) in [5.74, 6) is -0.615. The second-order valence-electron chi connectivity index (χ2n) is 6.34. The van der Waals surface area contributed by atoms with E-state index in [2.05, 4.69) is 5.10 Å². The van der Waals surface area contributed by atoms with E-state index in [4.69, 9.17) is 31.9 Å². The SMILES string of the molecule is Cc1cc(Cl)c(Cl)cc1C1=NN(c2ccc(S(=O)OCCS(=O)(=O)O)cc2)CC1. The van der Waals surface area contributed by atoms with Gasteiger partial charge in [-0.15, -0.1) is 0 Å². The lowest BCUT2D eigenvalue weighted by Crippen LogP contribution is -2.13. The first-order valence-corrected chi connectivity index (χ1v) is 12.0. The number of anilines is 1. The van der Waals surface area contributed by atoms with Crippen molar-refractivity contribution < 1.29 is 21.4 Å². The van der Waals surface area contributed by atoms with E-state index in [9.17, 15) is 12.6 Å². The zero-order valence-electron chi connectivity index (χ0n) is 15.3. The molecule has 1 unspecified atom stereocenters. The quantitative estimate of drug-likeness (QED) is 0.609. The first-order valence-electron chi connectivity index (χ1n) is 8.55. The molecule has 2 aromatic rings. The van der Waals surface area contributed by atoms with Gasteiger partial charge >= 0.3 is 0 Å². The van der Waals surface area contributed by atoms with Crippen LogP contribution in [0.25, 0.3) is 0 Å². The van der Waals surface area contributed by atoms with E-state index in [0.717, 1.165) is 28.9 Å². The highest BCUT2D eigenvalue weighted by molar-refractivity contribution is 7.85. The van der Waals surface area contributed by atoms with Crippen molar-refractivity contribution in [3.63, 3.8) is 0 Å². The standard InChI is InChI=1S/C18H18Cl2N2O5S2/c1-12-10-16(19)17(20)11-15(12)18-6-7-22(21-18)13-2-4-14(5-3-13)28(23)27-8-9-29(24,25)26/h2-5,10-11H,6-9H2,1H3,(H,24,25,26). The Kier molecular flexibility index (Phi) is 6.98. The summed E-state index contributed by atoms with van der Waals surface area (Å²) in [7, 11) is -4.15. The normalized spacial score (nSPS) is 15.4. The Hall–Kier alpha value is -1.49. The average molecular weight is 477 g/mol. The van der Waals surface area contributed by atoms with Gasteiger partial charge in [0.2, 0.25) is 0 Å². The topological polar surface area (TPSA) is 96.3 Å². The Morgan fingerprint density at radius 1 is 1.21 bits per heavy atom. The van der Waals surface area contributed by atoms with Gasteiger partial charge in [0.05, 0.1) is 32.9 Å². The third-order valence-corrected chi connectivity index (χ3v) is 6.68. The van der Waals surface area contributed by atoms with Crippen LogP contribution in [-0.2, 0) is 25.4 Å². The van der Waals surface area contributed by atoms with Crippen molar-refractivity contribution in [2.75, 3.05) is 23.9 Å². The number of benzene rings is 2. The number of hydrogen-bond donors (Lipinski definition) is 1. The smallest absolute Gasteiger partial charge is 0.267 e. The van der Waals surface area contributed by atoms with Crippen LogP contribution in [0.3, 0.4) is 0 Å². The van der Waals surface area contributed by atoms with Crippen LogP contribution >= 0.6 is 23.2 Å². The number of halogens is 2. The largest absolute Gasteiger partial charge is 0.286 e. The molecule has 1 aliphatic rings. The maximum Gasteiger partial charge on any atom is 0.267 e. The van der Waals surface area contributed by atoms with Gasteiger partial charge in [-0.05, 0) is 48.9 Å². The second kappa shape index (κ2) is 9.11. The highest BCUT2D eigenvalue weighted by atomic mass is 35.5. The summed E-state index contributed by atoms with van der Waals surface area (Å²) in [6, 6.07) is 10.4. The van der Waals surface area contributed by atoms with Crippen LogP contribution in [0.2, 0.25) is 10.0 Å². The average Bonchev–Trinajstić information content (AvgIpc) is 3.13. The van der Waals surface area contributed by atoms with Crippen molar-refractivity contribution in [3.8, 4) is 0 Å². The van der Waals surface area contributed by atoms with Crippen molar-refractivity contribution in [2.24, 2.45) is 5.10 Å². The summed E-state index contributed by atoms with van der Waals surface area (Å²) in [5.41, 5.74) is 3.67. The fraction of sp³-hybridized carbons (Fsp3) is 0.278. The molecule has 2 aromatic carbocycles. The highest BCUT2D eigenvalue weighted by Gasteiger charge is 2.20. The van der Waals surface area contributed by atoms with Crippen LogP contribution in [-0.4, -0.2) is 41.8 Å². The number of aryl methyl sites for hydroxylation is 1. The molecule has 7 nitrogen and oxygen atoms in total. The van der Waals surface area contributed by atoms with Gasteiger partial charge in [0.25, 0.3) is 10.1 Å². The molecule has 1 heterocycles. The van der Waals surface area contributed by atoms with Gasteiger partial charge in [-0.2, -0.15) is 13.5 Å². The number of hydrazone groups is 1. The van der Waals surface area contributed by atoms with Crippen LogP contribution in [0.5, 0.6) is 0 Å². The molecule has 1 atom stereocenters. The summed E-state index contributed by atoms with van der Waals surface area (Å²) in [4.78, 5) is 0.382. The molecule has 0 spiro atoms. The van der Waals surface area contributed by atoms with Crippen molar-refractivity contribution in [1.29, 1.82) is 0 Å². The monoisotopic (exact) mass is 476 g/mol. The zero-order valence-corrected chi connectivity index (χ0v) is 18.5. The van der Waals surface area contributed by atoms with Crippen LogP contribution in [0, 0.1) is 6.92 Å². The first kappa shape index (κ1) is 22.2. The molecule has 1 N–H and O–H groups in total. The van der Waals surface area contributed by atoms with Gasteiger partial charge in [0, 0.05) is 18.5 Å². The van der Waals surface area contributed by atoms with E-state index < -0.39 is 27.0 Å². The van der Waals surface area contributed by atoms with E-state index in [1.54, 1.807) is 24.3 Å². The van der Waals surface area contributed by atoms with E-state index in [0.29, 0.717) is 21.5 Å². The van der Waals surface area contributed by atoms with Crippen LogP contribution in [0.4, 0.5) is 5.69 Å².